The number of hydrogen-bond donors (Lipinski definition) is 0. The molecule has 31 heavy (non-hydrogen) atoms. The van der Waals surface area contributed by atoms with Crippen molar-refractivity contribution in [2.75, 3.05) is 33.8 Å². The van der Waals surface area contributed by atoms with Gasteiger partial charge in [0.15, 0.2) is 23.0 Å². The van der Waals surface area contributed by atoms with Crippen LogP contribution >= 0.6 is 31.9 Å². The molecule has 0 aromatic heterocycles. The van der Waals surface area contributed by atoms with E-state index in [0.717, 1.165) is 49.6 Å². The highest BCUT2D eigenvalue weighted by atomic mass is 79.9. The quantitative estimate of drug-likeness (QED) is 0.231. The molecule has 0 N–H and O–H groups in total. The van der Waals surface area contributed by atoms with E-state index < -0.39 is 0 Å². The smallest absolute Gasteiger partial charge is 0.161 e. The number of benzene rings is 3. The Hall–Kier alpha value is -1.66. The molecular weight excluding hydrogens is 524 g/mol. The van der Waals surface area contributed by atoms with E-state index in [1.165, 1.54) is 30.2 Å². The van der Waals surface area contributed by atoms with Crippen LogP contribution in [-0.4, -0.2) is 33.8 Å². The van der Waals surface area contributed by atoms with Crippen LogP contribution in [0.3, 0.4) is 0 Å². The second-order valence-electron chi connectivity index (χ2n) is 8.11. The molecule has 3 aromatic carbocycles. The van der Waals surface area contributed by atoms with Crippen LogP contribution in [0.25, 0.3) is 21.5 Å². The maximum atomic E-state index is 5.65. The van der Waals surface area contributed by atoms with Crippen molar-refractivity contribution in [3.05, 3.63) is 34.3 Å². The zero-order chi connectivity index (χ0) is 22.1. The summed E-state index contributed by atoms with van der Waals surface area (Å²) in [6, 6.07) is 8.31. The average Bonchev–Trinajstić information content (AvgIpc) is 3.27. The Morgan fingerprint density at radius 1 is 0.710 bits per heavy atom. The number of halogens is 2. The minimum absolute atomic E-state index is 0.657. The lowest BCUT2D eigenvalue weighted by Crippen LogP contribution is -2.13. The molecule has 1 aliphatic carbocycles. The minimum Gasteiger partial charge on any atom is -0.493 e. The van der Waals surface area contributed by atoms with Gasteiger partial charge in [0.05, 0.1) is 28.4 Å². The molecule has 4 nitrogen and oxygen atoms in total. The summed E-state index contributed by atoms with van der Waals surface area (Å²) in [4.78, 5) is 0. The molecule has 0 bridgehead atoms. The number of ether oxygens (including phenoxy) is 4. The van der Waals surface area contributed by atoms with Crippen molar-refractivity contribution in [1.29, 1.82) is 0 Å². The number of methoxy groups -OCH3 is 4. The van der Waals surface area contributed by atoms with Gasteiger partial charge in [0, 0.05) is 15.2 Å². The van der Waals surface area contributed by atoms with Crippen molar-refractivity contribution in [2.24, 2.45) is 11.8 Å². The van der Waals surface area contributed by atoms with Crippen molar-refractivity contribution >= 4 is 53.4 Å². The molecule has 0 unspecified atom stereocenters. The molecular formula is C25H28Br2O4. The first kappa shape index (κ1) is 22.5. The highest BCUT2D eigenvalue weighted by molar-refractivity contribution is 9.10. The van der Waals surface area contributed by atoms with Gasteiger partial charge in [0.25, 0.3) is 0 Å². The summed E-state index contributed by atoms with van der Waals surface area (Å²) in [5.74, 6) is 4.26. The Kier molecular flexibility index (Phi) is 6.87. The predicted octanol–water partition coefficient (Wildman–Crippen LogP) is 7.14. The summed E-state index contributed by atoms with van der Waals surface area (Å²) in [5.41, 5.74) is 1.31. The fourth-order valence-corrected chi connectivity index (χ4v) is 6.52. The highest BCUT2D eigenvalue weighted by Crippen LogP contribution is 2.47. The first-order valence-corrected chi connectivity index (χ1v) is 12.4. The Morgan fingerprint density at radius 2 is 1.16 bits per heavy atom. The average molecular weight is 552 g/mol. The van der Waals surface area contributed by atoms with Gasteiger partial charge < -0.3 is 18.9 Å². The molecule has 0 saturated heterocycles. The standard InChI is InChI=1S/C25H28Br2O4/c1-28-21-9-16-17(10-22(21)29-2)19(8-14-6-5-7-15(14)13-26)25(27)20-12-24(31-4)23(30-3)11-18(16)20/h9-12,14-15H,5-8,13H2,1-4H3/t14-,15-/m0/s1. The van der Waals surface area contributed by atoms with Gasteiger partial charge in [-0.25, -0.2) is 0 Å². The summed E-state index contributed by atoms with van der Waals surface area (Å²) in [5, 5.41) is 5.57. The predicted molar refractivity (Wildman–Crippen MR) is 134 cm³/mol. The number of fused-ring (bicyclic) bond motifs is 3. The second kappa shape index (κ2) is 9.45. The molecule has 1 saturated carbocycles. The van der Waals surface area contributed by atoms with Gasteiger partial charge in [-0.15, -0.1) is 0 Å². The van der Waals surface area contributed by atoms with E-state index in [1.807, 2.05) is 6.07 Å². The molecule has 1 aliphatic rings. The Bertz CT molecular complexity index is 1110. The fraction of sp³-hybridized carbons (Fsp3) is 0.440. The van der Waals surface area contributed by atoms with E-state index in [-0.39, 0.29) is 0 Å². The van der Waals surface area contributed by atoms with Crippen molar-refractivity contribution < 1.29 is 18.9 Å². The second-order valence-corrected chi connectivity index (χ2v) is 9.55. The maximum Gasteiger partial charge on any atom is 0.161 e. The first-order valence-electron chi connectivity index (χ1n) is 10.5. The fourth-order valence-electron chi connectivity index (χ4n) is 4.96. The molecule has 0 amide bonds. The van der Waals surface area contributed by atoms with Crippen LogP contribution < -0.4 is 18.9 Å². The summed E-state index contributed by atoms with van der Waals surface area (Å²) in [6.07, 6.45) is 4.88. The van der Waals surface area contributed by atoms with Gasteiger partial charge in [-0.1, -0.05) is 22.4 Å². The minimum atomic E-state index is 0.657. The lowest BCUT2D eigenvalue weighted by Gasteiger charge is -2.22. The number of rotatable bonds is 7. The Labute approximate surface area is 200 Å². The molecule has 6 heteroatoms. The molecule has 3 aromatic rings. The molecule has 0 heterocycles. The lowest BCUT2D eigenvalue weighted by molar-refractivity contribution is 0.355. The maximum absolute atomic E-state index is 5.65. The zero-order valence-corrected chi connectivity index (χ0v) is 21.6. The third-order valence-corrected chi connectivity index (χ3v) is 8.38. The first-order chi connectivity index (χ1) is 15.1. The van der Waals surface area contributed by atoms with Crippen LogP contribution in [-0.2, 0) is 6.42 Å². The highest BCUT2D eigenvalue weighted by Gasteiger charge is 2.29. The molecule has 4 rings (SSSR count). The van der Waals surface area contributed by atoms with Crippen LogP contribution in [0.5, 0.6) is 23.0 Å². The molecule has 1 fully saturated rings. The van der Waals surface area contributed by atoms with E-state index in [9.17, 15) is 0 Å². The number of alkyl halides is 1. The molecule has 0 spiro atoms. The largest absolute Gasteiger partial charge is 0.493 e. The Balaban J connectivity index is 2.04. The van der Waals surface area contributed by atoms with Gasteiger partial charge in [0.1, 0.15) is 0 Å². The van der Waals surface area contributed by atoms with Gasteiger partial charge in [-0.05, 0) is 93.0 Å². The van der Waals surface area contributed by atoms with E-state index in [2.05, 4.69) is 50.1 Å². The lowest BCUT2D eigenvalue weighted by atomic mass is 9.87. The van der Waals surface area contributed by atoms with Gasteiger partial charge in [-0.3, -0.25) is 0 Å². The molecule has 0 radical (unpaired) electrons. The summed E-state index contributed by atoms with van der Waals surface area (Å²) < 4.78 is 23.6. The van der Waals surface area contributed by atoms with Gasteiger partial charge >= 0.3 is 0 Å². The third-order valence-electron chi connectivity index (χ3n) is 6.65. The third kappa shape index (κ3) is 3.97. The summed E-state index contributed by atoms with van der Waals surface area (Å²) in [6.45, 7) is 0. The topological polar surface area (TPSA) is 36.9 Å². The normalized spacial score (nSPS) is 18.5. The van der Waals surface area contributed by atoms with Crippen LogP contribution in [0.1, 0.15) is 24.8 Å². The van der Waals surface area contributed by atoms with Crippen molar-refractivity contribution in [3.8, 4) is 23.0 Å². The van der Waals surface area contributed by atoms with Crippen LogP contribution in [0.15, 0.2) is 28.7 Å². The Morgan fingerprint density at radius 3 is 1.68 bits per heavy atom. The van der Waals surface area contributed by atoms with Gasteiger partial charge in [0.2, 0.25) is 0 Å². The van der Waals surface area contributed by atoms with E-state index >= 15 is 0 Å². The number of hydrogen-bond acceptors (Lipinski definition) is 4. The van der Waals surface area contributed by atoms with E-state index in [1.54, 1.807) is 28.4 Å². The molecule has 0 aliphatic heterocycles. The van der Waals surface area contributed by atoms with Crippen molar-refractivity contribution in [1.82, 2.24) is 0 Å². The van der Waals surface area contributed by atoms with Gasteiger partial charge in [-0.2, -0.15) is 0 Å². The SMILES string of the molecule is COc1cc2c(Br)c(C[C@@H]3CCC[C@H]3CBr)c3cc(OC)c(OC)cc3c2cc1OC. The van der Waals surface area contributed by atoms with Crippen molar-refractivity contribution in [2.45, 2.75) is 25.7 Å². The van der Waals surface area contributed by atoms with Crippen LogP contribution in [0.2, 0.25) is 0 Å². The summed E-state index contributed by atoms with van der Waals surface area (Å²) in [7, 11) is 6.70. The van der Waals surface area contributed by atoms with Crippen LogP contribution in [0.4, 0.5) is 0 Å². The van der Waals surface area contributed by atoms with E-state index in [0.29, 0.717) is 17.6 Å². The zero-order valence-electron chi connectivity index (χ0n) is 18.4. The monoisotopic (exact) mass is 550 g/mol. The van der Waals surface area contributed by atoms with Crippen molar-refractivity contribution in [3.63, 3.8) is 0 Å². The summed E-state index contributed by atoms with van der Waals surface area (Å²) >= 11 is 7.70. The van der Waals surface area contributed by atoms with E-state index in [4.69, 9.17) is 18.9 Å². The molecule has 166 valence electrons. The van der Waals surface area contributed by atoms with Crippen LogP contribution in [0, 0.1) is 11.8 Å². The molecule has 2 atom stereocenters.